The van der Waals surface area contributed by atoms with Crippen molar-refractivity contribution in [3.8, 4) is 0 Å². The SMILES string of the molecule is CC(C)(C)c1ccc(CCC(=O)N2CCCN(C(N)=O)CC2)cc1. The number of hydrogen-bond donors (Lipinski definition) is 1. The van der Waals surface area contributed by atoms with E-state index in [-0.39, 0.29) is 11.3 Å². The molecule has 1 saturated heterocycles. The zero-order chi connectivity index (χ0) is 17.7. The van der Waals surface area contributed by atoms with E-state index in [1.807, 2.05) is 4.90 Å². The first kappa shape index (κ1) is 18.3. The summed E-state index contributed by atoms with van der Waals surface area (Å²) in [5.41, 5.74) is 7.95. The van der Waals surface area contributed by atoms with Gasteiger partial charge >= 0.3 is 6.03 Å². The molecule has 3 amide bonds. The lowest BCUT2D eigenvalue weighted by Crippen LogP contribution is -2.39. The second-order valence-electron chi connectivity index (χ2n) is 7.51. The monoisotopic (exact) mass is 331 g/mol. The van der Waals surface area contributed by atoms with E-state index in [1.165, 1.54) is 11.1 Å². The van der Waals surface area contributed by atoms with Crippen molar-refractivity contribution in [3.63, 3.8) is 0 Å². The molecule has 0 aliphatic carbocycles. The van der Waals surface area contributed by atoms with Gasteiger partial charge in [-0.2, -0.15) is 0 Å². The molecule has 0 spiro atoms. The molecule has 0 atom stereocenters. The van der Waals surface area contributed by atoms with E-state index >= 15 is 0 Å². The van der Waals surface area contributed by atoms with Crippen LogP contribution in [0.2, 0.25) is 0 Å². The van der Waals surface area contributed by atoms with E-state index in [2.05, 4.69) is 45.0 Å². The molecule has 5 heteroatoms. The third kappa shape index (κ3) is 4.98. The van der Waals surface area contributed by atoms with Crippen LogP contribution in [0, 0.1) is 0 Å². The van der Waals surface area contributed by atoms with Crippen molar-refractivity contribution in [2.24, 2.45) is 5.73 Å². The van der Waals surface area contributed by atoms with Gasteiger partial charge in [0.25, 0.3) is 0 Å². The van der Waals surface area contributed by atoms with Crippen LogP contribution in [0.3, 0.4) is 0 Å². The maximum atomic E-state index is 12.4. The lowest BCUT2D eigenvalue weighted by Gasteiger charge is -2.21. The van der Waals surface area contributed by atoms with Crippen molar-refractivity contribution < 1.29 is 9.59 Å². The van der Waals surface area contributed by atoms with Crippen molar-refractivity contribution in [1.82, 2.24) is 9.80 Å². The number of hydrogen-bond acceptors (Lipinski definition) is 2. The number of urea groups is 1. The van der Waals surface area contributed by atoms with Gasteiger partial charge in [0.1, 0.15) is 0 Å². The maximum Gasteiger partial charge on any atom is 0.314 e. The summed E-state index contributed by atoms with van der Waals surface area (Å²) < 4.78 is 0. The van der Waals surface area contributed by atoms with E-state index < -0.39 is 6.03 Å². The number of nitrogens with two attached hydrogens (primary N) is 1. The Morgan fingerprint density at radius 1 is 1.00 bits per heavy atom. The van der Waals surface area contributed by atoms with Gasteiger partial charge in [-0.3, -0.25) is 4.79 Å². The summed E-state index contributed by atoms with van der Waals surface area (Å²) in [6.07, 6.45) is 2.04. The number of aryl methyl sites for hydroxylation is 1. The number of carbonyl (C=O) groups is 2. The highest BCUT2D eigenvalue weighted by Gasteiger charge is 2.20. The summed E-state index contributed by atoms with van der Waals surface area (Å²) >= 11 is 0. The van der Waals surface area contributed by atoms with E-state index in [9.17, 15) is 9.59 Å². The Balaban J connectivity index is 1.85. The molecule has 1 fully saturated rings. The highest BCUT2D eigenvalue weighted by Crippen LogP contribution is 2.22. The van der Waals surface area contributed by atoms with Crippen LogP contribution in [0.5, 0.6) is 0 Å². The van der Waals surface area contributed by atoms with E-state index in [0.29, 0.717) is 32.6 Å². The summed E-state index contributed by atoms with van der Waals surface area (Å²) in [4.78, 5) is 27.1. The van der Waals surface area contributed by atoms with Gasteiger partial charge < -0.3 is 15.5 Å². The van der Waals surface area contributed by atoms with Crippen LogP contribution >= 0.6 is 0 Å². The quantitative estimate of drug-likeness (QED) is 0.925. The first-order chi connectivity index (χ1) is 11.3. The highest BCUT2D eigenvalue weighted by molar-refractivity contribution is 5.77. The molecule has 1 heterocycles. The lowest BCUT2D eigenvalue weighted by molar-refractivity contribution is -0.131. The van der Waals surface area contributed by atoms with Gasteiger partial charge in [0.05, 0.1) is 0 Å². The predicted molar refractivity (Wildman–Crippen MR) is 95.8 cm³/mol. The van der Waals surface area contributed by atoms with Crippen molar-refractivity contribution in [2.45, 2.75) is 45.4 Å². The molecule has 0 radical (unpaired) electrons. The molecule has 1 aliphatic heterocycles. The molecule has 1 aliphatic rings. The van der Waals surface area contributed by atoms with Crippen LogP contribution in [0.4, 0.5) is 4.79 Å². The minimum atomic E-state index is -0.400. The molecule has 2 N–H and O–H groups in total. The summed E-state index contributed by atoms with van der Waals surface area (Å²) in [5.74, 6) is 0.154. The second kappa shape index (κ2) is 7.69. The molecule has 132 valence electrons. The molecule has 0 unspecified atom stereocenters. The van der Waals surface area contributed by atoms with Crippen LogP contribution in [0.15, 0.2) is 24.3 Å². The van der Waals surface area contributed by atoms with Crippen molar-refractivity contribution in [1.29, 1.82) is 0 Å². The molecule has 0 aromatic heterocycles. The Bertz CT molecular complexity index is 575. The van der Waals surface area contributed by atoms with Crippen molar-refractivity contribution in [3.05, 3.63) is 35.4 Å². The standard InChI is InChI=1S/C19H29N3O2/c1-19(2,3)16-8-5-15(6-9-16)7-10-17(23)21-11-4-12-22(14-13-21)18(20)24/h5-6,8-9H,4,7,10-14H2,1-3H3,(H2,20,24). The maximum absolute atomic E-state index is 12.4. The van der Waals surface area contributed by atoms with E-state index in [0.717, 1.165) is 12.8 Å². The van der Waals surface area contributed by atoms with Crippen LogP contribution in [-0.4, -0.2) is 47.9 Å². The molecule has 1 aromatic rings. The fourth-order valence-electron chi connectivity index (χ4n) is 2.97. The number of amides is 3. The van der Waals surface area contributed by atoms with Crippen LogP contribution in [-0.2, 0) is 16.6 Å². The summed E-state index contributed by atoms with van der Waals surface area (Å²) in [6, 6.07) is 8.13. The largest absolute Gasteiger partial charge is 0.351 e. The van der Waals surface area contributed by atoms with Gasteiger partial charge in [-0.05, 0) is 29.4 Å². The smallest absolute Gasteiger partial charge is 0.314 e. The number of primary amides is 1. The van der Waals surface area contributed by atoms with Crippen molar-refractivity contribution >= 4 is 11.9 Å². The molecular weight excluding hydrogens is 302 g/mol. The van der Waals surface area contributed by atoms with E-state index in [1.54, 1.807) is 4.90 Å². The molecular formula is C19H29N3O2. The van der Waals surface area contributed by atoms with Gasteiger partial charge in [0, 0.05) is 32.6 Å². The fraction of sp³-hybridized carbons (Fsp3) is 0.579. The Kier molecular flexibility index (Phi) is 5.86. The van der Waals surface area contributed by atoms with Gasteiger partial charge in [0.15, 0.2) is 0 Å². The zero-order valence-electron chi connectivity index (χ0n) is 15.0. The summed E-state index contributed by atoms with van der Waals surface area (Å²) in [5, 5.41) is 0. The van der Waals surface area contributed by atoms with E-state index in [4.69, 9.17) is 5.73 Å². The first-order valence-corrected chi connectivity index (χ1v) is 8.69. The normalized spacial score (nSPS) is 16.0. The lowest BCUT2D eigenvalue weighted by atomic mass is 9.86. The Morgan fingerprint density at radius 3 is 2.17 bits per heavy atom. The molecule has 0 saturated carbocycles. The number of benzene rings is 1. The third-order valence-electron chi connectivity index (χ3n) is 4.61. The Labute approximate surface area is 144 Å². The predicted octanol–water partition coefficient (Wildman–Crippen LogP) is 2.53. The molecule has 24 heavy (non-hydrogen) atoms. The minimum Gasteiger partial charge on any atom is -0.351 e. The third-order valence-corrected chi connectivity index (χ3v) is 4.61. The van der Waals surface area contributed by atoms with Crippen LogP contribution < -0.4 is 5.73 Å². The van der Waals surface area contributed by atoms with Crippen LogP contribution in [0.1, 0.15) is 44.7 Å². The average molecular weight is 331 g/mol. The molecule has 5 nitrogen and oxygen atoms in total. The Morgan fingerprint density at radius 2 is 1.58 bits per heavy atom. The van der Waals surface area contributed by atoms with Gasteiger partial charge in [-0.15, -0.1) is 0 Å². The first-order valence-electron chi connectivity index (χ1n) is 8.69. The Hall–Kier alpha value is -2.04. The number of nitrogens with zero attached hydrogens (tertiary/aromatic N) is 2. The highest BCUT2D eigenvalue weighted by atomic mass is 16.2. The van der Waals surface area contributed by atoms with Gasteiger partial charge in [0.2, 0.25) is 5.91 Å². The second-order valence-corrected chi connectivity index (χ2v) is 7.51. The minimum absolute atomic E-state index is 0.146. The molecule has 0 bridgehead atoms. The summed E-state index contributed by atoms with van der Waals surface area (Å²) in [7, 11) is 0. The van der Waals surface area contributed by atoms with Crippen molar-refractivity contribution in [2.75, 3.05) is 26.2 Å². The summed E-state index contributed by atoms with van der Waals surface area (Å²) in [6.45, 7) is 9.02. The topological polar surface area (TPSA) is 66.6 Å². The average Bonchev–Trinajstić information content (AvgIpc) is 2.78. The van der Waals surface area contributed by atoms with Crippen LogP contribution in [0.25, 0.3) is 0 Å². The number of rotatable bonds is 3. The molecule has 1 aromatic carbocycles. The van der Waals surface area contributed by atoms with Gasteiger partial charge in [-0.1, -0.05) is 45.0 Å². The zero-order valence-corrected chi connectivity index (χ0v) is 15.0. The molecule has 2 rings (SSSR count). The number of carbonyl (C=O) groups excluding carboxylic acids is 2. The van der Waals surface area contributed by atoms with Gasteiger partial charge in [-0.25, -0.2) is 4.79 Å². The fourth-order valence-corrected chi connectivity index (χ4v) is 2.97.